The molecule has 2 aromatic heterocycles. The number of halogens is 1. The van der Waals surface area contributed by atoms with Gasteiger partial charge >= 0.3 is 0 Å². The van der Waals surface area contributed by atoms with Gasteiger partial charge in [0.1, 0.15) is 17.0 Å². The second-order valence-electron chi connectivity index (χ2n) is 4.51. The van der Waals surface area contributed by atoms with Gasteiger partial charge in [0, 0.05) is 23.3 Å². The van der Waals surface area contributed by atoms with Crippen LogP contribution in [0.25, 0.3) is 10.2 Å². The minimum absolute atomic E-state index is 0.965. The van der Waals surface area contributed by atoms with Gasteiger partial charge in [-0.2, -0.15) is 0 Å². The number of anilines is 1. The number of rotatable bonds is 7. The number of aromatic nitrogens is 2. The molecule has 0 saturated heterocycles. The third kappa shape index (κ3) is 3.45. The summed E-state index contributed by atoms with van der Waals surface area (Å²) in [5.74, 6) is 1.09. The molecule has 0 radical (unpaired) electrons. The fourth-order valence-electron chi connectivity index (χ4n) is 2.09. The van der Waals surface area contributed by atoms with Gasteiger partial charge in [0.25, 0.3) is 0 Å². The Hall–Kier alpha value is -0.680. The molecule has 0 aromatic carbocycles. The zero-order chi connectivity index (χ0) is 13.7. The lowest BCUT2D eigenvalue weighted by atomic mass is 10.2. The molecule has 5 heteroatoms. The van der Waals surface area contributed by atoms with Crippen molar-refractivity contribution in [3.63, 3.8) is 0 Å². The number of aryl methyl sites for hydroxylation is 1. The fraction of sp³-hybridized carbons (Fsp3) is 0.571. The second-order valence-corrected chi connectivity index (χ2v) is 6.42. The minimum atomic E-state index is 0.965. The van der Waals surface area contributed by atoms with Crippen molar-refractivity contribution in [1.29, 1.82) is 0 Å². The zero-order valence-corrected chi connectivity index (χ0v) is 13.9. The van der Waals surface area contributed by atoms with Gasteiger partial charge in [-0.15, -0.1) is 11.3 Å². The lowest BCUT2D eigenvalue weighted by molar-refractivity contribution is 0.729. The van der Waals surface area contributed by atoms with Crippen molar-refractivity contribution in [2.75, 3.05) is 23.3 Å². The first kappa shape index (κ1) is 14.7. The molecule has 0 atom stereocenters. The SMILES string of the molecule is CCCCN(CCBr)c1ncnc2sc(CC)cc12. The molecule has 2 aromatic rings. The van der Waals surface area contributed by atoms with Crippen molar-refractivity contribution in [2.24, 2.45) is 0 Å². The van der Waals surface area contributed by atoms with Crippen molar-refractivity contribution in [3.8, 4) is 0 Å². The Kier molecular flexibility index (Phi) is 5.58. The zero-order valence-electron chi connectivity index (χ0n) is 11.5. The number of hydrogen-bond donors (Lipinski definition) is 0. The number of fused-ring (bicyclic) bond motifs is 1. The molecule has 0 saturated carbocycles. The summed E-state index contributed by atoms with van der Waals surface area (Å²) in [6.07, 6.45) is 5.16. The number of unbranched alkanes of at least 4 members (excludes halogenated alkanes) is 1. The summed E-state index contributed by atoms with van der Waals surface area (Å²) < 4.78 is 0. The van der Waals surface area contributed by atoms with Gasteiger partial charge in [-0.3, -0.25) is 0 Å². The van der Waals surface area contributed by atoms with Gasteiger partial charge in [0.05, 0.1) is 5.39 Å². The number of alkyl halides is 1. The Morgan fingerprint density at radius 2 is 2.11 bits per heavy atom. The quantitative estimate of drug-likeness (QED) is 0.704. The first-order valence-corrected chi connectivity index (χ1v) is 8.78. The first-order valence-electron chi connectivity index (χ1n) is 6.84. The van der Waals surface area contributed by atoms with Crippen LogP contribution in [-0.2, 0) is 6.42 Å². The molecule has 0 unspecified atom stereocenters. The summed E-state index contributed by atoms with van der Waals surface area (Å²) in [7, 11) is 0. The Bertz CT molecular complexity index is 526. The molecule has 3 nitrogen and oxygen atoms in total. The van der Waals surface area contributed by atoms with Gasteiger partial charge in [0.2, 0.25) is 0 Å². The van der Waals surface area contributed by atoms with Crippen molar-refractivity contribution >= 4 is 43.3 Å². The highest BCUT2D eigenvalue weighted by Crippen LogP contribution is 2.30. The first-order chi connectivity index (χ1) is 9.30. The van der Waals surface area contributed by atoms with Crippen molar-refractivity contribution < 1.29 is 0 Å². The van der Waals surface area contributed by atoms with Crippen LogP contribution in [0.4, 0.5) is 5.82 Å². The molecule has 0 bridgehead atoms. The van der Waals surface area contributed by atoms with Gasteiger partial charge < -0.3 is 4.90 Å². The smallest absolute Gasteiger partial charge is 0.140 e. The molecule has 0 amide bonds. The average Bonchev–Trinajstić information content (AvgIpc) is 2.86. The molecule has 0 fully saturated rings. The van der Waals surface area contributed by atoms with E-state index in [4.69, 9.17) is 0 Å². The van der Waals surface area contributed by atoms with Crippen molar-refractivity contribution in [2.45, 2.75) is 33.1 Å². The number of thiophene rings is 1. The molecule has 2 heterocycles. The van der Waals surface area contributed by atoms with Crippen LogP contribution in [0.2, 0.25) is 0 Å². The Morgan fingerprint density at radius 3 is 2.79 bits per heavy atom. The molecule has 0 aliphatic carbocycles. The number of nitrogens with zero attached hydrogens (tertiary/aromatic N) is 3. The van der Waals surface area contributed by atoms with Crippen LogP contribution in [0.1, 0.15) is 31.6 Å². The van der Waals surface area contributed by atoms with Crippen LogP contribution in [-0.4, -0.2) is 28.4 Å². The van der Waals surface area contributed by atoms with E-state index in [2.05, 4.69) is 50.7 Å². The molecule has 0 aliphatic heterocycles. The highest BCUT2D eigenvalue weighted by molar-refractivity contribution is 9.09. The lowest BCUT2D eigenvalue weighted by Crippen LogP contribution is -2.27. The Morgan fingerprint density at radius 1 is 1.26 bits per heavy atom. The third-order valence-electron chi connectivity index (χ3n) is 3.14. The normalized spacial score (nSPS) is 11.1. The molecule has 19 heavy (non-hydrogen) atoms. The molecular formula is C14H20BrN3S. The van der Waals surface area contributed by atoms with Crippen LogP contribution >= 0.6 is 27.3 Å². The molecule has 0 spiro atoms. The van der Waals surface area contributed by atoms with E-state index in [1.165, 1.54) is 23.1 Å². The van der Waals surface area contributed by atoms with E-state index in [1.54, 1.807) is 17.7 Å². The summed E-state index contributed by atoms with van der Waals surface area (Å²) >= 11 is 5.32. The van der Waals surface area contributed by atoms with Crippen LogP contribution < -0.4 is 4.90 Å². The van der Waals surface area contributed by atoms with Gasteiger partial charge in [-0.1, -0.05) is 36.2 Å². The topological polar surface area (TPSA) is 29.0 Å². The van der Waals surface area contributed by atoms with Gasteiger partial charge in [-0.05, 0) is 18.9 Å². The molecule has 0 N–H and O–H groups in total. The monoisotopic (exact) mass is 341 g/mol. The third-order valence-corrected chi connectivity index (χ3v) is 4.69. The minimum Gasteiger partial charge on any atom is -0.355 e. The molecule has 0 aliphatic rings. The maximum absolute atomic E-state index is 4.53. The summed E-state index contributed by atoms with van der Waals surface area (Å²) in [5, 5.41) is 2.17. The maximum Gasteiger partial charge on any atom is 0.140 e. The largest absolute Gasteiger partial charge is 0.355 e. The average molecular weight is 342 g/mol. The summed E-state index contributed by atoms with van der Waals surface area (Å²) in [4.78, 5) is 13.8. The maximum atomic E-state index is 4.53. The molecule has 104 valence electrons. The Balaban J connectivity index is 2.37. The summed E-state index contributed by atoms with van der Waals surface area (Å²) in [6, 6.07) is 2.25. The lowest BCUT2D eigenvalue weighted by Gasteiger charge is -2.23. The highest BCUT2D eigenvalue weighted by Gasteiger charge is 2.13. The van der Waals surface area contributed by atoms with E-state index in [9.17, 15) is 0 Å². The van der Waals surface area contributed by atoms with Crippen LogP contribution in [0.15, 0.2) is 12.4 Å². The summed E-state index contributed by atoms with van der Waals surface area (Å²) in [6.45, 7) is 6.46. The van der Waals surface area contributed by atoms with E-state index < -0.39 is 0 Å². The van der Waals surface area contributed by atoms with E-state index in [1.807, 2.05) is 0 Å². The van der Waals surface area contributed by atoms with Gasteiger partial charge in [-0.25, -0.2) is 9.97 Å². The predicted octanol–water partition coefficient (Wildman–Crippen LogP) is 4.26. The Labute approximate surface area is 127 Å². The summed E-state index contributed by atoms with van der Waals surface area (Å²) in [5.41, 5.74) is 0. The molecular weight excluding hydrogens is 322 g/mol. The fourth-order valence-corrected chi connectivity index (χ4v) is 3.45. The van der Waals surface area contributed by atoms with Crippen LogP contribution in [0, 0.1) is 0 Å². The standard InChI is InChI=1S/C14H20BrN3S/c1-3-5-7-18(8-6-15)13-12-9-11(4-2)19-14(12)17-10-16-13/h9-10H,3-8H2,1-2H3. The van der Waals surface area contributed by atoms with Crippen molar-refractivity contribution in [3.05, 3.63) is 17.3 Å². The number of hydrogen-bond acceptors (Lipinski definition) is 4. The van der Waals surface area contributed by atoms with Crippen LogP contribution in [0.5, 0.6) is 0 Å². The van der Waals surface area contributed by atoms with E-state index in [-0.39, 0.29) is 0 Å². The molecule has 2 rings (SSSR count). The highest BCUT2D eigenvalue weighted by atomic mass is 79.9. The second kappa shape index (κ2) is 7.20. The van der Waals surface area contributed by atoms with E-state index >= 15 is 0 Å². The van der Waals surface area contributed by atoms with Crippen molar-refractivity contribution in [1.82, 2.24) is 9.97 Å². The van der Waals surface area contributed by atoms with E-state index in [0.717, 1.165) is 35.5 Å². The van der Waals surface area contributed by atoms with Gasteiger partial charge in [0.15, 0.2) is 0 Å². The predicted molar refractivity (Wildman–Crippen MR) is 87.7 cm³/mol. The van der Waals surface area contributed by atoms with Crippen LogP contribution in [0.3, 0.4) is 0 Å². The van der Waals surface area contributed by atoms with E-state index in [0.29, 0.717) is 0 Å².